The minimum atomic E-state index is -0.0355. The van der Waals surface area contributed by atoms with Crippen LogP contribution in [-0.4, -0.2) is 42.9 Å². The first-order valence-corrected chi connectivity index (χ1v) is 9.56. The molecule has 1 aromatic carbocycles. The molecule has 0 radical (unpaired) electrons. The highest BCUT2D eigenvalue weighted by atomic mass is 32.2. The zero-order chi connectivity index (χ0) is 16.1. The number of anilines is 1. The summed E-state index contributed by atoms with van der Waals surface area (Å²) in [7, 11) is 0. The highest BCUT2D eigenvalue weighted by Gasteiger charge is 2.17. The Hall–Kier alpha value is -1.41. The van der Waals surface area contributed by atoms with Crippen LogP contribution in [0.4, 0.5) is 5.13 Å². The standard InChI is InChI=1S/C16H19N3O2S2/c1-22-13-4-2-11(3-5-13)14-10-23-16(18-14)19-15(20)8-12-9-21-7-6-17-12/h2-5,10,12,17H,6-9H2,1H3,(H,18,19,20). The van der Waals surface area contributed by atoms with Gasteiger partial charge < -0.3 is 15.4 Å². The quantitative estimate of drug-likeness (QED) is 0.813. The largest absolute Gasteiger partial charge is 0.378 e. The lowest BCUT2D eigenvalue weighted by Gasteiger charge is -2.22. The molecule has 1 fully saturated rings. The van der Waals surface area contributed by atoms with E-state index in [-0.39, 0.29) is 11.9 Å². The van der Waals surface area contributed by atoms with E-state index in [4.69, 9.17) is 4.74 Å². The van der Waals surface area contributed by atoms with E-state index in [0.717, 1.165) is 17.8 Å². The molecule has 5 nitrogen and oxygen atoms in total. The van der Waals surface area contributed by atoms with Gasteiger partial charge in [-0.05, 0) is 18.4 Å². The van der Waals surface area contributed by atoms with Crippen LogP contribution in [0.2, 0.25) is 0 Å². The molecule has 2 N–H and O–H groups in total. The second-order valence-corrected chi connectivity index (χ2v) is 6.98. The molecule has 2 aromatic rings. The fourth-order valence-electron chi connectivity index (χ4n) is 2.37. The molecule has 1 saturated heterocycles. The van der Waals surface area contributed by atoms with Crippen molar-refractivity contribution in [2.75, 3.05) is 31.3 Å². The van der Waals surface area contributed by atoms with Crippen LogP contribution in [0.15, 0.2) is 34.5 Å². The molecule has 2 heterocycles. The predicted octanol–water partition coefficient (Wildman–Crippen LogP) is 2.85. The summed E-state index contributed by atoms with van der Waals surface area (Å²) in [5, 5.41) is 8.74. The molecule has 1 atom stereocenters. The number of aromatic nitrogens is 1. The highest BCUT2D eigenvalue weighted by molar-refractivity contribution is 7.98. The van der Waals surface area contributed by atoms with E-state index in [1.54, 1.807) is 11.8 Å². The van der Waals surface area contributed by atoms with Crippen LogP contribution < -0.4 is 10.6 Å². The zero-order valence-corrected chi connectivity index (χ0v) is 14.5. The van der Waals surface area contributed by atoms with E-state index < -0.39 is 0 Å². The lowest BCUT2D eigenvalue weighted by molar-refractivity contribution is -0.117. The van der Waals surface area contributed by atoms with Crippen LogP contribution in [0.1, 0.15) is 6.42 Å². The third-order valence-electron chi connectivity index (χ3n) is 3.57. The number of thiazole rings is 1. The van der Waals surface area contributed by atoms with E-state index in [1.165, 1.54) is 16.2 Å². The summed E-state index contributed by atoms with van der Waals surface area (Å²) in [5.74, 6) is -0.0355. The number of amides is 1. The van der Waals surface area contributed by atoms with Crippen molar-refractivity contribution in [3.05, 3.63) is 29.6 Å². The van der Waals surface area contributed by atoms with Crippen LogP contribution in [0.3, 0.4) is 0 Å². The number of carbonyl (C=O) groups excluding carboxylic acids is 1. The van der Waals surface area contributed by atoms with E-state index in [1.807, 2.05) is 5.38 Å². The van der Waals surface area contributed by atoms with Crippen molar-refractivity contribution in [1.29, 1.82) is 0 Å². The third-order valence-corrected chi connectivity index (χ3v) is 5.07. The van der Waals surface area contributed by atoms with Gasteiger partial charge in [-0.3, -0.25) is 4.79 Å². The number of hydrogen-bond acceptors (Lipinski definition) is 6. The molecule has 0 saturated carbocycles. The minimum absolute atomic E-state index is 0.0355. The molecule has 1 aromatic heterocycles. The number of ether oxygens (including phenoxy) is 1. The van der Waals surface area contributed by atoms with Crippen molar-refractivity contribution < 1.29 is 9.53 Å². The second-order valence-electron chi connectivity index (χ2n) is 5.24. The van der Waals surface area contributed by atoms with Gasteiger partial charge in [-0.25, -0.2) is 4.98 Å². The van der Waals surface area contributed by atoms with Crippen molar-refractivity contribution in [2.24, 2.45) is 0 Å². The molecule has 0 aliphatic carbocycles. The monoisotopic (exact) mass is 349 g/mol. The predicted molar refractivity (Wildman–Crippen MR) is 95.2 cm³/mol. The Morgan fingerprint density at radius 2 is 2.30 bits per heavy atom. The van der Waals surface area contributed by atoms with Crippen LogP contribution in [0.5, 0.6) is 0 Å². The molecule has 1 aliphatic heterocycles. The van der Waals surface area contributed by atoms with E-state index in [9.17, 15) is 4.79 Å². The molecule has 1 amide bonds. The molecule has 122 valence electrons. The van der Waals surface area contributed by atoms with Gasteiger partial charge in [-0.15, -0.1) is 23.1 Å². The Balaban J connectivity index is 1.58. The second kappa shape index (κ2) is 7.92. The maximum absolute atomic E-state index is 12.1. The van der Waals surface area contributed by atoms with Crippen molar-refractivity contribution >= 4 is 34.1 Å². The Labute approximate surface area is 143 Å². The summed E-state index contributed by atoms with van der Waals surface area (Å²) in [5.41, 5.74) is 1.94. The Morgan fingerprint density at radius 1 is 1.48 bits per heavy atom. The number of benzene rings is 1. The number of hydrogen-bond donors (Lipinski definition) is 2. The number of carbonyl (C=O) groups is 1. The van der Waals surface area contributed by atoms with Gasteiger partial charge >= 0.3 is 0 Å². The van der Waals surface area contributed by atoms with Gasteiger partial charge in [0.15, 0.2) is 5.13 Å². The number of nitrogens with zero attached hydrogens (tertiary/aromatic N) is 1. The Morgan fingerprint density at radius 3 is 3.00 bits per heavy atom. The number of rotatable bonds is 5. The fourth-order valence-corrected chi connectivity index (χ4v) is 3.51. The van der Waals surface area contributed by atoms with Crippen molar-refractivity contribution in [2.45, 2.75) is 17.4 Å². The molecule has 3 rings (SSSR count). The van der Waals surface area contributed by atoms with Gasteiger partial charge in [0.05, 0.1) is 18.9 Å². The molecule has 7 heteroatoms. The van der Waals surface area contributed by atoms with Gasteiger partial charge in [0.2, 0.25) is 5.91 Å². The SMILES string of the molecule is CSc1ccc(-c2csc(NC(=O)CC3COCCN3)n2)cc1. The normalized spacial score (nSPS) is 17.9. The zero-order valence-electron chi connectivity index (χ0n) is 12.9. The van der Waals surface area contributed by atoms with E-state index in [0.29, 0.717) is 24.8 Å². The van der Waals surface area contributed by atoms with Gasteiger partial charge in [-0.2, -0.15) is 0 Å². The van der Waals surface area contributed by atoms with Crippen LogP contribution in [0, 0.1) is 0 Å². The number of nitrogens with one attached hydrogen (secondary N) is 2. The first-order chi connectivity index (χ1) is 11.2. The van der Waals surface area contributed by atoms with Crippen LogP contribution in [-0.2, 0) is 9.53 Å². The average molecular weight is 349 g/mol. The average Bonchev–Trinajstić information content (AvgIpc) is 3.04. The number of morpholine rings is 1. The minimum Gasteiger partial charge on any atom is -0.378 e. The topological polar surface area (TPSA) is 63.2 Å². The van der Waals surface area contributed by atoms with Crippen LogP contribution >= 0.6 is 23.1 Å². The lowest BCUT2D eigenvalue weighted by atomic mass is 10.2. The molecule has 0 bridgehead atoms. The molecular formula is C16H19N3O2S2. The van der Waals surface area contributed by atoms with Crippen molar-refractivity contribution in [3.8, 4) is 11.3 Å². The number of thioether (sulfide) groups is 1. The summed E-state index contributed by atoms with van der Waals surface area (Å²) in [6, 6.07) is 8.34. The van der Waals surface area contributed by atoms with Crippen molar-refractivity contribution in [3.63, 3.8) is 0 Å². The van der Waals surface area contributed by atoms with E-state index in [2.05, 4.69) is 46.1 Å². The first kappa shape index (κ1) is 16.4. The Kier molecular flexibility index (Phi) is 5.66. The summed E-state index contributed by atoms with van der Waals surface area (Å²) < 4.78 is 5.36. The van der Waals surface area contributed by atoms with Crippen LogP contribution in [0.25, 0.3) is 11.3 Å². The summed E-state index contributed by atoms with van der Waals surface area (Å²) >= 11 is 3.16. The molecular weight excluding hydrogens is 330 g/mol. The van der Waals surface area contributed by atoms with Gasteiger partial charge in [0.25, 0.3) is 0 Å². The van der Waals surface area contributed by atoms with Crippen molar-refractivity contribution in [1.82, 2.24) is 10.3 Å². The summed E-state index contributed by atoms with van der Waals surface area (Å²) in [6.45, 7) is 2.09. The summed E-state index contributed by atoms with van der Waals surface area (Å²) in [4.78, 5) is 17.8. The maximum Gasteiger partial charge on any atom is 0.227 e. The first-order valence-electron chi connectivity index (χ1n) is 7.45. The highest BCUT2D eigenvalue weighted by Crippen LogP contribution is 2.26. The molecule has 23 heavy (non-hydrogen) atoms. The molecule has 0 spiro atoms. The lowest BCUT2D eigenvalue weighted by Crippen LogP contribution is -2.43. The summed E-state index contributed by atoms with van der Waals surface area (Å²) in [6.07, 6.45) is 2.45. The third kappa shape index (κ3) is 4.54. The van der Waals surface area contributed by atoms with Gasteiger partial charge in [-0.1, -0.05) is 12.1 Å². The Bertz CT molecular complexity index is 652. The fraction of sp³-hybridized carbons (Fsp3) is 0.375. The van der Waals surface area contributed by atoms with Gasteiger partial charge in [0, 0.05) is 34.8 Å². The van der Waals surface area contributed by atoms with Gasteiger partial charge in [0.1, 0.15) is 0 Å². The smallest absolute Gasteiger partial charge is 0.227 e. The maximum atomic E-state index is 12.1. The molecule has 1 unspecified atom stereocenters. The van der Waals surface area contributed by atoms with E-state index >= 15 is 0 Å². The molecule has 1 aliphatic rings.